The molecule has 1 N–H and O–H groups in total. The molecule has 0 bridgehead atoms. The van der Waals surface area contributed by atoms with Crippen molar-refractivity contribution in [2.75, 3.05) is 33.2 Å². The van der Waals surface area contributed by atoms with Gasteiger partial charge in [0.2, 0.25) is 0 Å². The second-order valence-corrected chi connectivity index (χ2v) is 7.29. The molecular weight excluding hydrogens is 338 g/mol. The number of furan rings is 1. The van der Waals surface area contributed by atoms with Crippen molar-refractivity contribution in [3.05, 3.63) is 48.2 Å². The van der Waals surface area contributed by atoms with E-state index in [1.165, 1.54) is 25.0 Å². The summed E-state index contributed by atoms with van der Waals surface area (Å²) in [6.07, 6.45) is 7.69. The van der Waals surface area contributed by atoms with Crippen molar-refractivity contribution in [3.63, 3.8) is 0 Å². The molecule has 0 aliphatic carbocycles. The van der Waals surface area contributed by atoms with Crippen LogP contribution in [0.4, 0.5) is 0 Å². The lowest BCUT2D eigenvalue weighted by atomic mass is 10.1. The Morgan fingerprint density at radius 3 is 2.70 bits per heavy atom. The first-order valence-electron chi connectivity index (χ1n) is 10.1. The third kappa shape index (κ3) is 5.16. The number of nitrogens with zero attached hydrogens (tertiary/aromatic N) is 4. The third-order valence-electron chi connectivity index (χ3n) is 5.26. The van der Waals surface area contributed by atoms with Gasteiger partial charge < -0.3 is 19.2 Å². The Hall–Kier alpha value is -2.21. The van der Waals surface area contributed by atoms with Crippen LogP contribution in [0.5, 0.6) is 0 Å². The van der Waals surface area contributed by atoms with Gasteiger partial charge in [0.15, 0.2) is 5.96 Å². The lowest BCUT2D eigenvalue weighted by molar-refractivity contribution is 0.150. The molecule has 1 aliphatic heterocycles. The molecule has 3 rings (SSSR count). The van der Waals surface area contributed by atoms with E-state index in [1.807, 2.05) is 6.07 Å². The van der Waals surface area contributed by atoms with Crippen molar-refractivity contribution in [2.45, 2.75) is 38.8 Å². The Morgan fingerprint density at radius 2 is 2.07 bits per heavy atom. The maximum absolute atomic E-state index is 5.75. The Balaban J connectivity index is 1.73. The molecular formula is C21H33N5O. The number of rotatable bonds is 7. The number of hydrogen-bond acceptors (Lipinski definition) is 3. The van der Waals surface area contributed by atoms with Gasteiger partial charge in [-0.3, -0.25) is 9.89 Å². The molecule has 0 spiro atoms. The summed E-state index contributed by atoms with van der Waals surface area (Å²) in [6.45, 7) is 6.73. The zero-order valence-electron chi connectivity index (χ0n) is 16.9. The molecule has 1 fully saturated rings. The van der Waals surface area contributed by atoms with Crippen molar-refractivity contribution in [1.82, 2.24) is 19.7 Å². The largest absolute Gasteiger partial charge is 0.468 e. The minimum absolute atomic E-state index is 0.206. The Morgan fingerprint density at radius 1 is 1.26 bits per heavy atom. The Labute approximate surface area is 162 Å². The van der Waals surface area contributed by atoms with Crippen LogP contribution in [-0.4, -0.2) is 53.6 Å². The van der Waals surface area contributed by atoms with Crippen molar-refractivity contribution in [1.29, 1.82) is 0 Å². The molecule has 6 heteroatoms. The number of guanidine groups is 1. The molecule has 1 saturated heterocycles. The molecule has 1 aliphatic rings. The fourth-order valence-corrected chi connectivity index (χ4v) is 3.72. The van der Waals surface area contributed by atoms with Gasteiger partial charge in [-0.1, -0.05) is 6.42 Å². The van der Waals surface area contributed by atoms with E-state index in [4.69, 9.17) is 9.41 Å². The number of aliphatic imine (C=N–C) groups is 1. The average Bonchev–Trinajstić information content (AvgIpc) is 3.34. The first-order chi connectivity index (χ1) is 13.2. The molecule has 0 aromatic carbocycles. The fourth-order valence-electron chi connectivity index (χ4n) is 3.72. The highest BCUT2D eigenvalue weighted by Crippen LogP contribution is 2.25. The highest BCUT2D eigenvalue weighted by Gasteiger charge is 2.24. The summed E-state index contributed by atoms with van der Waals surface area (Å²) in [6, 6.07) is 8.49. The van der Waals surface area contributed by atoms with Gasteiger partial charge in [-0.05, 0) is 57.1 Å². The SMILES string of the molecule is CCNC(=NCC(c1ccco1)N1CCCCC1)N(C)Cc1cccn1C. The van der Waals surface area contributed by atoms with E-state index >= 15 is 0 Å². The van der Waals surface area contributed by atoms with Crippen LogP contribution >= 0.6 is 0 Å². The van der Waals surface area contributed by atoms with E-state index in [2.05, 4.69) is 65.1 Å². The zero-order chi connectivity index (χ0) is 19.1. The Bertz CT molecular complexity index is 700. The van der Waals surface area contributed by atoms with Gasteiger partial charge >= 0.3 is 0 Å². The molecule has 1 atom stereocenters. The van der Waals surface area contributed by atoms with Crippen molar-refractivity contribution < 1.29 is 4.42 Å². The van der Waals surface area contributed by atoms with Gasteiger partial charge in [-0.15, -0.1) is 0 Å². The van der Waals surface area contributed by atoms with Crippen LogP contribution in [0.1, 0.15) is 43.7 Å². The van der Waals surface area contributed by atoms with E-state index in [0.717, 1.165) is 37.9 Å². The quantitative estimate of drug-likeness (QED) is 0.600. The second-order valence-electron chi connectivity index (χ2n) is 7.29. The Kier molecular flexibility index (Phi) is 6.98. The topological polar surface area (TPSA) is 48.9 Å². The average molecular weight is 372 g/mol. The lowest BCUT2D eigenvalue weighted by Gasteiger charge is -2.33. The summed E-state index contributed by atoms with van der Waals surface area (Å²) >= 11 is 0. The summed E-state index contributed by atoms with van der Waals surface area (Å²) in [5.41, 5.74) is 1.27. The monoisotopic (exact) mass is 371 g/mol. The molecule has 148 valence electrons. The third-order valence-corrected chi connectivity index (χ3v) is 5.26. The number of likely N-dealkylation sites (tertiary alicyclic amines) is 1. The van der Waals surface area contributed by atoms with E-state index in [9.17, 15) is 0 Å². The predicted octanol–water partition coefficient (Wildman–Crippen LogP) is 3.24. The van der Waals surface area contributed by atoms with E-state index in [0.29, 0.717) is 6.54 Å². The van der Waals surface area contributed by atoms with Gasteiger partial charge in [0.1, 0.15) is 5.76 Å². The molecule has 2 aromatic heterocycles. The van der Waals surface area contributed by atoms with Crippen molar-refractivity contribution in [3.8, 4) is 0 Å². The molecule has 27 heavy (non-hydrogen) atoms. The predicted molar refractivity (Wildman–Crippen MR) is 110 cm³/mol. The number of hydrogen-bond donors (Lipinski definition) is 1. The van der Waals surface area contributed by atoms with Gasteiger partial charge in [-0.25, -0.2) is 0 Å². The van der Waals surface area contributed by atoms with Gasteiger partial charge in [0.25, 0.3) is 0 Å². The normalized spacial score (nSPS) is 17.1. The minimum atomic E-state index is 0.206. The number of aryl methyl sites for hydroxylation is 1. The van der Waals surface area contributed by atoms with E-state index < -0.39 is 0 Å². The van der Waals surface area contributed by atoms with Gasteiger partial charge in [-0.2, -0.15) is 0 Å². The highest BCUT2D eigenvalue weighted by atomic mass is 16.3. The van der Waals surface area contributed by atoms with Crippen molar-refractivity contribution >= 4 is 5.96 Å². The summed E-state index contributed by atoms with van der Waals surface area (Å²) in [5, 5.41) is 3.44. The molecule has 0 radical (unpaired) electrons. The molecule has 3 heterocycles. The highest BCUT2D eigenvalue weighted by molar-refractivity contribution is 5.79. The number of nitrogens with one attached hydrogen (secondary N) is 1. The molecule has 6 nitrogen and oxygen atoms in total. The van der Waals surface area contributed by atoms with Crippen molar-refractivity contribution in [2.24, 2.45) is 12.0 Å². The van der Waals surface area contributed by atoms with Crippen LogP contribution < -0.4 is 5.32 Å². The van der Waals surface area contributed by atoms with Crippen LogP contribution in [0.2, 0.25) is 0 Å². The molecule has 1 unspecified atom stereocenters. The second kappa shape index (κ2) is 9.65. The summed E-state index contributed by atoms with van der Waals surface area (Å²) in [7, 11) is 4.17. The number of aromatic nitrogens is 1. The van der Waals surface area contributed by atoms with Crippen LogP contribution in [0.25, 0.3) is 0 Å². The smallest absolute Gasteiger partial charge is 0.194 e. The van der Waals surface area contributed by atoms with Gasteiger partial charge in [0.05, 0.1) is 25.4 Å². The molecule has 0 saturated carbocycles. The number of piperidine rings is 1. The molecule has 0 amide bonds. The van der Waals surface area contributed by atoms with Gasteiger partial charge in [0, 0.05) is 32.5 Å². The first-order valence-corrected chi connectivity index (χ1v) is 10.1. The van der Waals surface area contributed by atoms with E-state index in [-0.39, 0.29) is 6.04 Å². The summed E-state index contributed by atoms with van der Waals surface area (Å²) < 4.78 is 7.91. The van der Waals surface area contributed by atoms with Crippen LogP contribution in [-0.2, 0) is 13.6 Å². The first kappa shape index (κ1) is 19.5. The molecule has 2 aromatic rings. The fraction of sp³-hybridized carbons (Fsp3) is 0.571. The lowest BCUT2D eigenvalue weighted by Crippen LogP contribution is -2.40. The van der Waals surface area contributed by atoms with Crippen LogP contribution in [0.15, 0.2) is 46.1 Å². The van der Waals surface area contributed by atoms with Crippen LogP contribution in [0, 0.1) is 0 Å². The van der Waals surface area contributed by atoms with E-state index in [1.54, 1.807) is 6.26 Å². The maximum Gasteiger partial charge on any atom is 0.194 e. The summed E-state index contributed by atoms with van der Waals surface area (Å²) in [5.74, 6) is 1.95. The zero-order valence-corrected chi connectivity index (χ0v) is 16.9. The standard InChI is InChI=1S/C21H33N5O/c1-4-22-21(25(3)17-18-10-8-12-24(18)2)23-16-19(20-11-9-15-27-20)26-13-6-5-7-14-26/h8-12,15,19H,4-7,13-14,16-17H2,1-3H3,(H,22,23). The minimum Gasteiger partial charge on any atom is -0.468 e. The maximum atomic E-state index is 5.75. The van der Waals surface area contributed by atoms with Crippen LogP contribution in [0.3, 0.4) is 0 Å². The summed E-state index contributed by atoms with van der Waals surface area (Å²) in [4.78, 5) is 9.68.